The van der Waals surface area contributed by atoms with Gasteiger partial charge in [-0.25, -0.2) is 0 Å². The van der Waals surface area contributed by atoms with Gasteiger partial charge in [0, 0.05) is 12.6 Å². The van der Waals surface area contributed by atoms with Crippen LogP contribution in [0.2, 0.25) is 0 Å². The van der Waals surface area contributed by atoms with E-state index in [-0.39, 0.29) is 19.2 Å². The first-order valence-corrected chi connectivity index (χ1v) is 7.48. The van der Waals surface area contributed by atoms with Crippen molar-refractivity contribution in [3.05, 3.63) is 29.8 Å². The molecule has 116 valence electrons. The zero-order valence-corrected chi connectivity index (χ0v) is 12.4. The number of hydrogen-bond acceptors (Lipinski definition) is 5. The minimum absolute atomic E-state index is 0.135. The summed E-state index contributed by atoms with van der Waals surface area (Å²) in [5, 5.41) is 12.1. The second kappa shape index (κ2) is 8.00. The van der Waals surface area contributed by atoms with E-state index in [4.69, 9.17) is 14.6 Å². The lowest BCUT2D eigenvalue weighted by molar-refractivity contribution is -0.146. The SMILES string of the molecule is CCOC(=O)C(COc1ccc(CCO)cc1)NC1CC1. The van der Waals surface area contributed by atoms with E-state index in [1.807, 2.05) is 24.3 Å². The van der Waals surface area contributed by atoms with Crippen LogP contribution in [-0.2, 0) is 16.0 Å². The highest BCUT2D eigenvalue weighted by atomic mass is 16.5. The molecule has 0 heterocycles. The smallest absolute Gasteiger partial charge is 0.326 e. The van der Waals surface area contributed by atoms with Crippen molar-refractivity contribution >= 4 is 5.97 Å². The summed E-state index contributed by atoms with van der Waals surface area (Å²) in [5.41, 5.74) is 1.06. The summed E-state index contributed by atoms with van der Waals surface area (Å²) in [6, 6.07) is 7.53. The Bertz CT molecular complexity index is 442. The molecule has 1 fully saturated rings. The van der Waals surface area contributed by atoms with Gasteiger partial charge in [-0.3, -0.25) is 10.1 Å². The number of rotatable bonds is 9. The standard InChI is InChI=1S/C16H23NO4/c1-2-20-16(19)15(17-13-5-6-13)11-21-14-7-3-12(4-8-14)9-10-18/h3-4,7-8,13,15,17-18H,2,5-6,9-11H2,1H3. The van der Waals surface area contributed by atoms with Crippen molar-refractivity contribution in [1.82, 2.24) is 5.32 Å². The molecule has 0 aliphatic heterocycles. The van der Waals surface area contributed by atoms with Gasteiger partial charge in [-0.2, -0.15) is 0 Å². The Labute approximate surface area is 125 Å². The molecule has 0 spiro atoms. The van der Waals surface area contributed by atoms with Crippen molar-refractivity contribution in [2.24, 2.45) is 0 Å². The molecule has 1 atom stereocenters. The number of carbonyl (C=O) groups is 1. The fourth-order valence-corrected chi connectivity index (χ4v) is 2.02. The second-order valence-corrected chi connectivity index (χ2v) is 5.17. The van der Waals surface area contributed by atoms with Crippen LogP contribution in [0.1, 0.15) is 25.3 Å². The number of aliphatic hydroxyl groups excluding tert-OH is 1. The third-order valence-corrected chi connectivity index (χ3v) is 3.33. The first-order chi connectivity index (χ1) is 10.2. The first-order valence-electron chi connectivity index (χ1n) is 7.48. The molecule has 1 saturated carbocycles. The molecule has 2 N–H and O–H groups in total. The lowest BCUT2D eigenvalue weighted by Crippen LogP contribution is -2.43. The van der Waals surface area contributed by atoms with Crippen molar-refractivity contribution in [2.45, 2.75) is 38.3 Å². The van der Waals surface area contributed by atoms with Crippen molar-refractivity contribution in [3.8, 4) is 5.75 Å². The highest BCUT2D eigenvalue weighted by Gasteiger charge is 2.29. The average molecular weight is 293 g/mol. The molecule has 0 saturated heterocycles. The highest BCUT2D eigenvalue weighted by molar-refractivity contribution is 5.76. The maximum atomic E-state index is 11.9. The average Bonchev–Trinajstić information content (AvgIpc) is 3.29. The molecule has 1 unspecified atom stereocenters. The van der Waals surface area contributed by atoms with E-state index < -0.39 is 6.04 Å². The van der Waals surface area contributed by atoms with Crippen LogP contribution in [0.4, 0.5) is 0 Å². The Hall–Kier alpha value is -1.59. The van der Waals surface area contributed by atoms with Crippen LogP contribution in [0.5, 0.6) is 5.75 Å². The van der Waals surface area contributed by atoms with E-state index in [1.54, 1.807) is 6.92 Å². The number of esters is 1. The van der Waals surface area contributed by atoms with Gasteiger partial charge in [0.25, 0.3) is 0 Å². The van der Waals surface area contributed by atoms with Gasteiger partial charge < -0.3 is 14.6 Å². The molecule has 1 aliphatic carbocycles. The van der Waals surface area contributed by atoms with Crippen molar-refractivity contribution < 1.29 is 19.4 Å². The lowest BCUT2D eigenvalue weighted by atomic mass is 10.1. The van der Waals surface area contributed by atoms with Crippen molar-refractivity contribution in [3.63, 3.8) is 0 Å². The van der Waals surface area contributed by atoms with E-state index in [1.165, 1.54) is 0 Å². The monoisotopic (exact) mass is 293 g/mol. The molecule has 2 rings (SSSR count). The number of hydrogen-bond donors (Lipinski definition) is 2. The van der Waals surface area contributed by atoms with E-state index in [2.05, 4.69) is 5.32 Å². The first kappa shape index (κ1) is 15.8. The van der Waals surface area contributed by atoms with E-state index >= 15 is 0 Å². The maximum Gasteiger partial charge on any atom is 0.326 e. The van der Waals surface area contributed by atoms with Crippen molar-refractivity contribution in [1.29, 1.82) is 0 Å². The molecule has 0 radical (unpaired) electrons. The molecular formula is C16H23NO4. The Morgan fingerprint density at radius 1 is 1.38 bits per heavy atom. The summed E-state index contributed by atoms with van der Waals surface area (Å²) in [7, 11) is 0. The van der Waals surface area contributed by atoms with Gasteiger partial charge in [-0.05, 0) is 43.9 Å². The largest absolute Gasteiger partial charge is 0.491 e. The van der Waals surface area contributed by atoms with Crippen LogP contribution in [-0.4, -0.2) is 43.0 Å². The predicted molar refractivity (Wildman–Crippen MR) is 79.3 cm³/mol. The molecule has 1 aliphatic rings. The Balaban J connectivity index is 1.85. The van der Waals surface area contributed by atoms with E-state index in [9.17, 15) is 4.79 Å². The zero-order valence-electron chi connectivity index (χ0n) is 12.4. The van der Waals surface area contributed by atoms with Gasteiger partial charge in [0.1, 0.15) is 18.4 Å². The van der Waals surface area contributed by atoms with Crippen LogP contribution >= 0.6 is 0 Å². The maximum absolute atomic E-state index is 11.9. The number of benzene rings is 1. The molecule has 1 aromatic carbocycles. The summed E-state index contributed by atoms with van der Waals surface area (Å²) in [6.07, 6.45) is 2.84. The third-order valence-electron chi connectivity index (χ3n) is 3.33. The van der Waals surface area contributed by atoms with Crippen LogP contribution in [0.3, 0.4) is 0 Å². The summed E-state index contributed by atoms with van der Waals surface area (Å²) < 4.78 is 10.7. The molecule has 1 aromatic rings. The second-order valence-electron chi connectivity index (χ2n) is 5.17. The normalized spacial score (nSPS) is 15.5. The number of nitrogens with one attached hydrogen (secondary N) is 1. The molecule has 0 amide bonds. The highest BCUT2D eigenvalue weighted by Crippen LogP contribution is 2.20. The van der Waals surface area contributed by atoms with Gasteiger partial charge in [-0.15, -0.1) is 0 Å². The van der Waals surface area contributed by atoms with E-state index in [0.29, 0.717) is 24.8 Å². The van der Waals surface area contributed by atoms with Gasteiger partial charge in [0.2, 0.25) is 0 Å². The topological polar surface area (TPSA) is 67.8 Å². The van der Waals surface area contributed by atoms with Crippen molar-refractivity contribution in [2.75, 3.05) is 19.8 Å². The number of ether oxygens (including phenoxy) is 2. The quantitative estimate of drug-likeness (QED) is 0.671. The number of carbonyl (C=O) groups excluding carboxylic acids is 1. The van der Waals surface area contributed by atoms with Gasteiger partial charge in [-0.1, -0.05) is 12.1 Å². The molecule has 5 nitrogen and oxygen atoms in total. The summed E-state index contributed by atoms with van der Waals surface area (Å²) >= 11 is 0. The Kier molecular flexibility index (Phi) is 6.02. The number of aliphatic hydroxyl groups is 1. The fraction of sp³-hybridized carbons (Fsp3) is 0.562. The summed E-state index contributed by atoms with van der Waals surface area (Å²) in [5.74, 6) is 0.449. The molecule has 0 aromatic heterocycles. The van der Waals surface area contributed by atoms with E-state index in [0.717, 1.165) is 18.4 Å². The Morgan fingerprint density at radius 3 is 2.67 bits per heavy atom. The van der Waals surface area contributed by atoms with Crippen LogP contribution < -0.4 is 10.1 Å². The molecule has 0 bridgehead atoms. The van der Waals surface area contributed by atoms with Crippen LogP contribution in [0, 0.1) is 0 Å². The zero-order chi connectivity index (χ0) is 15.1. The molecular weight excluding hydrogens is 270 g/mol. The van der Waals surface area contributed by atoms with Gasteiger partial charge >= 0.3 is 5.97 Å². The van der Waals surface area contributed by atoms with Gasteiger partial charge in [0.05, 0.1) is 6.61 Å². The minimum Gasteiger partial charge on any atom is -0.491 e. The van der Waals surface area contributed by atoms with Crippen LogP contribution in [0.25, 0.3) is 0 Å². The lowest BCUT2D eigenvalue weighted by Gasteiger charge is -2.17. The third kappa shape index (κ3) is 5.36. The predicted octanol–water partition coefficient (Wildman–Crippen LogP) is 1.28. The Morgan fingerprint density at radius 2 is 2.10 bits per heavy atom. The minimum atomic E-state index is -0.422. The summed E-state index contributed by atoms with van der Waals surface area (Å²) in [4.78, 5) is 11.9. The fourth-order valence-electron chi connectivity index (χ4n) is 2.02. The summed E-state index contributed by atoms with van der Waals surface area (Å²) in [6.45, 7) is 2.56. The van der Waals surface area contributed by atoms with Gasteiger partial charge in [0.15, 0.2) is 0 Å². The molecule has 21 heavy (non-hydrogen) atoms. The van der Waals surface area contributed by atoms with Crippen LogP contribution in [0.15, 0.2) is 24.3 Å². The molecule has 5 heteroatoms.